The average molecular weight is 957 g/mol. The number of carbonyl (C=O) groups excluding carboxylic acids is 1. The van der Waals surface area contributed by atoms with Crippen LogP contribution in [0, 0.1) is 0 Å². The van der Waals surface area contributed by atoms with E-state index in [1.54, 1.807) is 0 Å². The summed E-state index contributed by atoms with van der Waals surface area (Å²) < 4.78 is 34.9. The minimum Gasteiger partial charge on any atom is -0.756 e. The normalized spacial score (nSPS) is 13.5. The van der Waals surface area contributed by atoms with Gasteiger partial charge in [-0.25, -0.2) is 0 Å². The number of allylic oxidation sites excluding steroid dienone is 2. The molecule has 0 fully saturated rings. The van der Waals surface area contributed by atoms with Crippen molar-refractivity contribution in [2.75, 3.05) is 54.1 Å². The van der Waals surface area contributed by atoms with Crippen LogP contribution in [-0.2, 0) is 27.9 Å². The van der Waals surface area contributed by atoms with Crippen molar-refractivity contribution in [2.24, 2.45) is 0 Å². The van der Waals surface area contributed by atoms with E-state index in [1.807, 2.05) is 21.1 Å². The monoisotopic (exact) mass is 956 g/mol. The largest absolute Gasteiger partial charge is 0.756 e. The van der Waals surface area contributed by atoms with Crippen LogP contribution in [0.2, 0.25) is 0 Å². The first kappa shape index (κ1) is 65.2. The number of ether oxygens (including phenoxy) is 2. The summed E-state index contributed by atoms with van der Waals surface area (Å²) in [5.41, 5.74) is 0. The molecule has 0 radical (unpaired) electrons. The Morgan fingerprint density at radius 1 is 0.455 bits per heavy atom. The van der Waals surface area contributed by atoms with Gasteiger partial charge >= 0.3 is 5.97 Å². The highest BCUT2D eigenvalue weighted by Crippen LogP contribution is 2.38. The molecular formula is C57H114NO7P. The molecule has 2 unspecified atom stereocenters. The molecule has 394 valence electrons. The van der Waals surface area contributed by atoms with E-state index < -0.39 is 13.9 Å². The fourth-order valence-corrected chi connectivity index (χ4v) is 9.33. The number of hydrogen-bond acceptors (Lipinski definition) is 7. The first-order chi connectivity index (χ1) is 32.1. The molecule has 9 heteroatoms. The fraction of sp³-hybridized carbons (Fsp3) is 0.947. The van der Waals surface area contributed by atoms with Crippen molar-refractivity contribution in [1.29, 1.82) is 0 Å². The van der Waals surface area contributed by atoms with Gasteiger partial charge in [-0.1, -0.05) is 257 Å². The number of nitrogens with zero attached hydrogens (tertiary/aromatic N) is 1. The number of phosphoric acid groups is 1. The Labute approximate surface area is 411 Å². The molecule has 0 saturated carbocycles. The number of esters is 1. The molecule has 0 aliphatic heterocycles. The molecule has 0 amide bonds. The van der Waals surface area contributed by atoms with E-state index in [1.165, 1.54) is 238 Å². The summed E-state index contributed by atoms with van der Waals surface area (Å²) in [5, 5.41) is 0. The Hall–Kier alpha value is -0.760. The third kappa shape index (κ3) is 54.2. The molecule has 0 bridgehead atoms. The van der Waals surface area contributed by atoms with E-state index in [4.69, 9.17) is 18.5 Å². The van der Waals surface area contributed by atoms with E-state index >= 15 is 0 Å². The predicted molar refractivity (Wildman–Crippen MR) is 282 cm³/mol. The molecule has 0 saturated heterocycles. The molecule has 0 aliphatic carbocycles. The molecule has 0 aromatic heterocycles. The van der Waals surface area contributed by atoms with Crippen LogP contribution < -0.4 is 4.89 Å². The molecule has 0 aliphatic rings. The highest BCUT2D eigenvalue weighted by atomic mass is 31.2. The van der Waals surface area contributed by atoms with Crippen LogP contribution in [0.5, 0.6) is 0 Å². The molecule has 2 atom stereocenters. The number of phosphoric ester groups is 1. The Morgan fingerprint density at radius 3 is 1.15 bits per heavy atom. The van der Waals surface area contributed by atoms with Crippen molar-refractivity contribution in [3.8, 4) is 0 Å². The van der Waals surface area contributed by atoms with Gasteiger partial charge in [0.1, 0.15) is 19.3 Å². The van der Waals surface area contributed by atoms with Crippen molar-refractivity contribution in [3.63, 3.8) is 0 Å². The zero-order chi connectivity index (χ0) is 48.3. The van der Waals surface area contributed by atoms with Gasteiger partial charge in [0, 0.05) is 13.0 Å². The standard InChI is InChI=1S/C57H114NO7P/c1-6-8-10-12-14-16-18-20-22-24-26-28-29-31-33-35-37-39-41-43-45-47-49-52-62-54-56(55-64-66(60,61)63-53-51-58(3,4)5)65-57(59)50-48-46-44-42-40-38-36-34-32-30-27-25-23-21-19-17-15-13-11-9-7-2/h25,27,56H,6-24,26,28-55H2,1-5H3/b27-25-. The minimum absolute atomic E-state index is 0.0296. The number of unbranched alkanes of at least 4 members (excludes halogenated alkanes) is 39. The average Bonchev–Trinajstić information content (AvgIpc) is 3.28. The Balaban J connectivity index is 4.03. The number of rotatable bonds is 55. The third-order valence-corrected chi connectivity index (χ3v) is 14.0. The molecule has 66 heavy (non-hydrogen) atoms. The van der Waals surface area contributed by atoms with Crippen LogP contribution in [0.4, 0.5) is 0 Å². The van der Waals surface area contributed by atoms with Crippen molar-refractivity contribution < 1.29 is 37.3 Å². The zero-order valence-electron chi connectivity index (χ0n) is 44.9. The Morgan fingerprint density at radius 2 is 0.788 bits per heavy atom. The summed E-state index contributed by atoms with van der Waals surface area (Å²) in [6.45, 7) is 5.49. The summed E-state index contributed by atoms with van der Waals surface area (Å²) >= 11 is 0. The number of carbonyl (C=O) groups is 1. The smallest absolute Gasteiger partial charge is 0.306 e. The van der Waals surface area contributed by atoms with Crippen LogP contribution >= 0.6 is 7.82 Å². The first-order valence-corrected chi connectivity index (χ1v) is 30.4. The van der Waals surface area contributed by atoms with Gasteiger partial charge in [-0.2, -0.15) is 0 Å². The molecule has 0 rings (SSSR count). The maximum absolute atomic E-state index is 12.8. The maximum Gasteiger partial charge on any atom is 0.306 e. The van der Waals surface area contributed by atoms with E-state index in [0.717, 1.165) is 32.1 Å². The number of hydrogen-bond donors (Lipinski definition) is 0. The molecular weight excluding hydrogens is 842 g/mol. The van der Waals surface area contributed by atoms with Crippen LogP contribution in [0.25, 0.3) is 0 Å². The fourth-order valence-electron chi connectivity index (χ4n) is 8.60. The lowest BCUT2D eigenvalue weighted by Crippen LogP contribution is -2.37. The van der Waals surface area contributed by atoms with Crippen molar-refractivity contribution in [1.82, 2.24) is 0 Å². The SMILES string of the molecule is CCCCCCCCCC/C=C\CCCCCCCCCCCC(=O)OC(COCCCCCCCCCCCCCCCCCCCCCCCCC)COP(=O)([O-])OCC[N+](C)(C)C. The lowest BCUT2D eigenvalue weighted by atomic mass is 10.0. The quantitative estimate of drug-likeness (QED) is 0.0197. The summed E-state index contributed by atoms with van der Waals surface area (Å²) in [7, 11) is 1.37. The van der Waals surface area contributed by atoms with Gasteiger partial charge in [0.2, 0.25) is 0 Å². The lowest BCUT2D eigenvalue weighted by Gasteiger charge is -2.28. The Bertz CT molecular complexity index is 1070. The summed E-state index contributed by atoms with van der Waals surface area (Å²) in [4.78, 5) is 25.2. The number of quaternary nitrogens is 1. The summed E-state index contributed by atoms with van der Waals surface area (Å²) in [6, 6.07) is 0. The van der Waals surface area contributed by atoms with E-state index in [9.17, 15) is 14.3 Å². The van der Waals surface area contributed by atoms with Crippen LogP contribution in [-0.4, -0.2) is 70.7 Å². The van der Waals surface area contributed by atoms with Gasteiger partial charge in [-0.3, -0.25) is 9.36 Å². The second-order valence-electron chi connectivity index (χ2n) is 21.0. The third-order valence-electron chi connectivity index (χ3n) is 13.1. The molecule has 0 spiro atoms. The molecule has 8 nitrogen and oxygen atoms in total. The molecule has 0 aromatic rings. The molecule has 0 aromatic carbocycles. The second kappa shape index (κ2) is 50.6. The Kier molecular flexibility index (Phi) is 50.0. The van der Waals surface area contributed by atoms with Gasteiger partial charge in [0.05, 0.1) is 34.4 Å². The number of likely N-dealkylation sites (N-methyl/N-ethyl adjacent to an activating group) is 1. The van der Waals surface area contributed by atoms with Crippen molar-refractivity contribution in [3.05, 3.63) is 12.2 Å². The summed E-state index contributed by atoms with van der Waals surface area (Å²) in [5.74, 6) is -0.328. The van der Waals surface area contributed by atoms with E-state index in [-0.39, 0.29) is 25.8 Å². The van der Waals surface area contributed by atoms with Crippen molar-refractivity contribution in [2.45, 2.75) is 296 Å². The van der Waals surface area contributed by atoms with E-state index in [0.29, 0.717) is 24.1 Å². The molecule has 0 heterocycles. The second-order valence-corrected chi connectivity index (χ2v) is 22.4. The zero-order valence-corrected chi connectivity index (χ0v) is 45.8. The van der Waals surface area contributed by atoms with Crippen LogP contribution in [0.1, 0.15) is 290 Å². The van der Waals surface area contributed by atoms with Crippen LogP contribution in [0.15, 0.2) is 12.2 Å². The highest BCUT2D eigenvalue weighted by Gasteiger charge is 2.20. The van der Waals surface area contributed by atoms with Gasteiger partial charge in [-0.15, -0.1) is 0 Å². The first-order valence-electron chi connectivity index (χ1n) is 28.9. The van der Waals surface area contributed by atoms with Gasteiger partial charge in [0.25, 0.3) is 7.82 Å². The maximum atomic E-state index is 12.8. The van der Waals surface area contributed by atoms with Gasteiger partial charge in [-0.05, 0) is 38.5 Å². The van der Waals surface area contributed by atoms with Gasteiger partial charge in [0.15, 0.2) is 0 Å². The summed E-state index contributed by atoms with van der Waals surface area (Å²) in [6.07, 6.45) is 59.7. The van der Waals surface area contributed by atoms with Crippen LogP contribution in [0.3, 0.4) is 0 Å². The van der Waals surface area contributed by atoms with Crippen molar-refractivity contribution >= 4 is 13.8 Å². The topological polar surface area (TPSA) is 94.1 Å². The lowest BCUT2D eigenvalue weighted by molar-refractivity contribution is -0.870. The molecule has 0 N–H and O–H groups in total. The minimum atomic E-state index is -4.53. The van der Waals surface area contributed by atoms with Gasteiger partial charge < -0.3 is 27.9 Å². The highest BCUT2D eigenvalue weighted by molar-refractivity contribution is 7.45. The predicted octanol–water partition coefficient (Wildman–Crippen LogP) is 17.5. The van der Waals surface area contributed by atoms with E-state index in [2.05, 4.69) is 26.0 Å².